The zero-order chi connectivity index (χ0) is 31.0. The van der Waals surface area contributed by atoms with Gasteiger partial charge in [0.05, 0.1) is 58.9 Å². The molecule has 2 amide bonds. The topological polar surface area (TPSA) is 144 Å². The second kappa shape index (κ2) is 17.8. The van der Waals surface area contributed by atoms with Crippen molar-refractivity contribution in [3.8, 4) is 5.75 Å². The van der Waals surface area contributed by atoms with Gasteiger partial charge in [0.25, 0.3) is 5.91 Å². The summed E-state index contributed by atoms with van der Waals surface area (Å²) in [5.74, 6) is 1.44. The Morgan fingerprint density at radius 2 is 1.58 bits per heavy atom. The van der Waals surface area contributed by atoms with Gasteiger partial charge in [-0.05, 0) is 25.1 Å². The highest BCUT2D eigenvalue weighted by Crippen LogP contribution is 2.29. The Labute approximate surface area is 252 Å². The summed E-state index contributed by atoms with van der Waals surface area (Å²) in [7, 11) is 3.30. The van der Waals surface area contributed by atoms with Crippen LogP contribution in [0, 0.1) is 0 Å². The zero-order valence-corrected chi connectivity index (χ0v) is 25.2. The number of rotatable bonds is 18. The van der Waals surface area contributed by atoms with Crippen LogP contribution in [0.1, 0.15) is 35.7 Å². The molecule has 1 aromatic carbocycles. The molecule has 1 saturated heterocycles. The van der Waals surface area contributed by atoms with E-state index in [1.165, 1.54) is 14.0 Å². The number of hydrogen-bond donors (Lipinski definition) is 2. The van der Waals surface area contributed by atoms with Gasteiger partial charge in [-0.1, -0.05) is 12.7 Å². The quantitative estimate of drug-likeness (QED) is 0.244. The van der Waals surface area contributed by atoms with Gasteiger partial charge in [-0.2, -0.15) is 4.98 Å². The van der Waals surface area contributed by atoms with Crippen molar-refractivity contribution in [3.05, 3.63) is 42.1 Å². The van der Waals surface area contributed by atoms with Crippen molar-refractivity contribution >= 4 is 41.1 Å². The smallest absolute Gasteiger partial charge is 0.254 e. The molecule has 1 aromatic heterocycles. The molecule has 2 heterocycles. The Morgan fingerprint density at radius 3 is 2.19 bits per heavy atom. The highest BCUT2D eigenvalue weighted by atomic mass is 16.5. The van der Waals surface area contributed by atoms with Gasteiger partial charge in [0, 0.05) is 57.0 Å². The second-order valence-electron chi connectivity index (χ2n) is 9.70. The number of aromatic nitrogens is 2. The number of carbonyl (C=O) groups excluding carboxylic acids is 3. The highest BCUT2D eigenvalue weighted by Gasteiger charge is 2.25. The molecule has 234 valence electrons. The molecule has 43 heavy (non-hydrogen) atoms. The number of ketones is 1. The lowest BCUT2D eigenvalue weighted by atomic mass is 10.1. The fraction of sp³-hybridized carbons (Fsp3) is 0.500. The predicted octanol–water partition coefficient (Wildman–Crippen LogP) is 2.62. The number of benzene rings is 1. The second-order valence-corrected chi connectivity index (χ2v) is 9.70. The van der Waals surface area contributed by atoms with E-state index >= 15 is 0 Å². The van der Waals surface area contributed by atoms with E-state index in [2.05, 4.69) is 27.2 Å². The predicted molar refractivity (Wildman–Crippen MR) is 163 cm³/mol. The molecule has 1 aliphatic rings. The van der Waals surface area contributed by atoms with Crippen LogP contribution >= 0.6 is 0 Å². The number of nitrogens with one attached hydrogen (secondary N) is 2. The number of nitrogens with zero attached hydrogens (tertiary/aromatic N) is 4. The van der Waals surface area contributed by atoms with Crippen molar-refractivity contribution < 1.29 is 33.3 Å². The van der Waals surface area contributed by atoms with Gasteiger partial charge in [0.1, 0.15) is 17.4 Å². The van der Waals surface area contributed by atoms with Crippen LogP contribution in [-0.2, 0) is 23.8 Å². The van der Waals surface area contributed by atoms with Crippen molar-refractivity contribution in [2.45, 2.75) is 19.8 Å². The number of methoxy groups -OCH3 is 1. The van der Waals surface area contributed by atoms with Gasteiger partial charge in [-0.3, -0.25) is 14.4 Å². The number of piperazine rings is 1. The lowest BCUT2D eigenvalue weighted by molar-refractivity contribution is -0.134. The van der Waals surface area contributed by atoms with E-state index in [0.29, 0.717) is 101 Å². The third-order valence-corrected chi connectivity index (χ3v) is 6.69. The summed E-state index contributed by atoms with van der Waals surface area (Å²) in [6.07, 6.45) is 4.00. The van der Waals surface area contributed by atoms with E-state index < -0.39 is 0 Å². The van der Waals surface area contributed by atoms with Crippen molar-refractivity contribution in [1.82, 2.24) is 19.8 Å². The number of anilines is 3. The molecule has 0 aliphatic carbocycles. The first-order valence-corrected chi connectivity index (χ1v) is 14.3. The van der Waals surface area contributed by atoms with Crippen molar-refractivity contribution in [2.24, 2.45) is 0 Å². The van der Waals surface area contributed by atoms with Gasteiger partial charge >= 0.3 is 0 Å². The summed E-state index contributed by atoms with van der Waals surface area (Å²) >= 11 is 0. The van der Waals surface area contributed by atoms with Gasteiger partial charge in [0.15, 0.2) is 0 Å². The summed E-state index contributed by atoms with van der Waals surface area (Å²) in [4.78, 5) is 48.9. The van der Waals surface area contributed by atoms with Crippen molar-refractivity contribution in [1.29, 1.82) is 0 Å². The van der Waals surface area contributed by atoms with Crippen molar-refractivity contribution in [2.75, 3.05) is 90.6 Å². The molecule has 0 saturated carbocycles. The molecule has 0 radical (unpaired) electrons. The minimum absolute atomic E-state index is 0.00578. The van der Waals surface area contributed by atoms with Crippen LogP contribution in [0.3, 0.4) is 0 Å². The van der Waals surface area contributed by atoms with E-state index in [1.54, 1.807) is 47.3 Å². The van der Waals surface area contributed by atoms with Crippen LogP contribution in [-0.4, -0.2) is 117 Å². The Kier molecular flexibility index (Phi) is 13.8. The third-order valence-electron chi connectivity index (χ3n) is 6.69. The minimum Gasteiger partial charge on any atom is -0.495 e. The third kappa shape index (κ3) is 10.6. The monoisotopic (exact) mass is 598 g/mol. The zero-order valence-electron chi connectivity index (χ0n) is 25.2. The lowest BCUT2D eigenvalue weighted by Crippen LogP contribution is -2.50. The van der Waals surface area contributed by atoms with Crippen molar-refractivity contribution in [3.63, 3.8) is 0 Å². The average molecular weight is 599 g/mol. The normalized spacial score (nSPS) is 13.0. The SMILES string of the molecule is C=Cc1cnc(Nc2ccc(C(=O)N3CCN(C(=O)CCOCCOCCOCCC(C)=O)CC3)cc2OC)nc1NC. The number of hydrogen-bond acceptors (Lipinski definition) is 11. The Balaban J connectivity index is 1.38. The maximum absolute atomic E-state index is 13.2. The number of ether oxygens (including phenoxy) is 4. The molecule has 0 bridgehead atoms. The van der Waals surface area contributed by atoms with Crippen LogP contribution in [0.25, 0.3) is 6.08 Å². The van der Waals surface area contributed by atoms with Gasteiger partial charge in [-0.15, -0.1) is 0 Å². The van der Waals surface area contributed by atoms with E-state index in [0.717, 1.165) is 5.56 Å². The van der Waals surface area contributed by atoms with Crippen LogP contribution in [0.15, 0.2) is 31.0 Å². The van der Waals surface area contributed by atoms with Crippen LogP contribution in [0.2, 0.25) is 0 Å². The molecule has 13 nitrogen and oxygen atoms in total. The van der Waals surface area contributed by atoms with E-state index in [9.17, 15) is 14.4 Å². The maximum atomic E-state index is 13.2. The molecule has 0 spiro atoms. The highest BCUT2D eigenvalue weighted by molar-refractivity contribution is 5.95. The fourth-order valence-corrected chi connectivity index (χ4v) is 4.27. The number of Topliss-reactive ketones (excluding diaryl/α,β-unsaturated/α-hetero) is 1. The van der Waals surface area contributed by atoms with E-state index in [-0.39, 0.29) is 24.0 Å². The fourth-order valence-electron chi connectivity index (χ4n) is 4.27. The molecule has 0 atom stereocenters. The molecule has 2 N–H and O–H groups in total. The molecule has 2 aromatic rings. The standard InChI is InChI=1S/C30H42N6O7/c1-5-23-21-32-30(34-28(23)31-3)33-25-7-6-24(20-26(25)40-4)29(39)36-12-10-35(11-13-36)27(38)9-15-42-17-19-43-18-16-41-14-8-22(2)37/h5-7,20-21H,1,8-19H2,2-4H3,(H2,31,32,33,34). The average Bonchev–Trinajstić information content (AvgIpc) is 3.03. The van der Waals surface area contributed by atoms with Gasteiger partial charge < -0.3 is 39.4 Å². The summed E-state index contributed by atoms with van der Waals surface area (Å²) < 4.78 is 21.7. The Morgan fingerprint density at radius 1 is 0.953 bits per heavy atom. The van der Waals surface area contributed by atoms with Crippen LogP contribution < -0.4 is 15.4 Å². The molecule has 3 rings (SSSR count). The molecule has 0 unspecified atom stereocenters. The molecular weight excluding hydrogens is 556 g/mol. The lowest BCUT2D eigenvalue weighted by Gasteiger charge is -2.35. The minimum atomic E-state index is -0.131. The first-order valence-electron chi connectivity index (χ1n) is 14.3. The number of amides is 2. The Hall–Kier alpha value is -4.07. The molecule has 1 aliphatic heterocycles. The number of carbonyl (C=O) groups is 3. The molecule has 13 heteroatoms. The summed E-state index contributed by atoms with van der Waals surface area (Å²) in [5, 5.41) is 6.14. The van der Waals surface area contributed by atoms with Crippen LogP contribution in [0.5, 0.6) is 5.75 Å². The summed E-state index contributed by atoms with van der Waals surface area (Å²) in [6.45, 7) is 9.42. The van der Waals surface area contributed by atoms with Gasteiger partial charge in [-0.25, -0.2) is 4.98 Å². The van der Waals surface area contributed by atoms with Gasteiger partial charge in [0.2, 0.25) is 11.9 Å². The summed E-state index contributed by atoms with van der Waals surface area (Å²) in [5.41, 5.74) is 1.88. The van der Waals surface area contributed by atoms with E-state index in [4.69, 9.17) is 18.9 Å². The summed E-state index contributed by atoms with van der Waals surface area (Å²) in [6, 6.07) is 5.16. The largest absolute Gasteiger partial charge is 0.495 e. The first kappa shape index (κ1) is 33.4. The Bertz CT molecular complexity index is 1230. The van der Waals surface area contributed by atoms with Crippen LogP contribution in [0.4, 0.5) is 17.5 Å². The van der Waals surface area contributed by atoms with E-state index in [1.807, 2.05) is 0 Å². The molecule has 1 fully saturated rings. The molecular formula is C30H42N6O7. The maximum Gasteiger partial charge on any atom is 0.254 e. The first-order chi connectivity index (χ1) is 20.9.